The lowest BCUT2D eigenvalue weighted by atomic mass is 10.1. The van der Waals surface area contributed by atoms with Crippen molar-refractivity contribution in [2.75, 3.05) is 24.9 Å². The highest BCUT2D eigenvalue weighted by molar-refractivity contribution is 6.28. The molecule has 0 saturated carbocycles. The molecule has 0 aliphatic rings. The van der Waals surface area contributed by atoms with E-state index in [-0.39, 0.29) is 34.2 Å². The number of phenols is 1. The maximum Gasteiger partial charge on any atom is 0.261 e. The van der Waals surface area contributed by atoms with Crippen LogP contribution in [0.25, 0.3) is 6.08 Å². The number of carbonyl (C=O) groups is 2. The summed E-state index contributed by atoms with van der Waals surface area (Å²) in [4.78, 5) is 25.9. The second-order valence-corrected chi connectivity index (χ2v) is 6.70. The molecule has 0 heterocycles. The Hall–Kier alpha value is -4.40. The molecule has 33 heavy (non-hydrogen) atoms. The van der Waals surface area contributed by atoms with Crippen molar-refractivity contribution in [1.82, 2.24) is 0 Å². The van der Waals surface area contributed by atoms with Crippen LogP contribution in [0.15, 0.2) is 66.2 Å². The van der Waals surface area contributed by atoms with Crippen molar-refractivity contribution in [2.45, 2.75) is 0 Å². The Labute approximate surface area is 188 Å². The summed E-state index contributed by atoms with van der Waals surface area (Å²) in [6.45, 7) is 0. The molecule has 3 aromatic rings. The van der Waals surface area contributed by atoms with Gasteiger partial charge >= 0.3 is 0 Å². The van der Waals surface area contributed by atoms with Gasteiger partial charge in [-0.2, -0.15) is 0 Å². The highest BCUT2D eigenvalue weighted by atomic mass is 19.1. The Morgan fingerprint density at radius 1 is 0.818 bits per heavy atom. The van der Waals surface area contributed by atoms with Crippen molar-refractivity contribution in [1.29, 1.82) is 0 Å². The molecule has 2 amide bonds. The first-order valence-corrected chi connectivity index (χ1v) is 9.62. The molecule has 3 N–H and O–H groups in total. The van der Waals surface area contributed by atoms with Crippen molar-refractivity contribution in [2.24, 2.45) is 0 Å². The molecule has 7 nitrogen and oxygen atoms in total. The van der Waals surface area contributed by atoms with Crippen LogP contribution in [0.1, 0.15) is 5.56 Å². The maximum absolute atomic E-state index is 14.0. The molecule has 9 heteroatoms. The van der Waals surface area contributed by atoms with E-state index in [2.05, 4.69) is 10.6 Å². The van der Waals surface area contributed by atoms with Gasteiger partial charge in [-0.25, -0.2) is 8.78 Å². The fraction of sp³-hybridized carbons (Fsp3) is 0.0833. The lowest BCUT2D eigenvalue weighted by Gasteiger charge is -2.13. The molecule has 0 radical (unpaired) electrons. The second-order valence-electron chi connectivity index (χ2n) is 6.70. The minimum Gasteiger partial charge on any atom is -0.502 e. The number of carbonyl (C=O) groups excluding carboxylic acids is 2. The van der Waals surface area contributed by atoms with Crippen LogP contribution in [0.3, 0.4) is 0 Å². The summed E-state index contributed by atoms with van der Waals surface area (Å²) in [6.07, 6.45) is 1.18. The minimum absolute atomic E-state index is 0.0315. The lowest BCUT2D eigenvalue weighted by Crippen LogP contribution is -2.26. The molecule has 0 aromatic heterocycles. The predicted octanol–water partition coefficient (Wildman–Crippen LogP) is 4.35. The Bertz CT molecular complexity index is 1140. The molecule has 0 saturated heterocycles. The monoisotopic (exact) mass is 454 g/mol. The number of amides is 2. The van der Waals surface area contributed by atoms with E-state index in [4.69, 9.17) is 9.47 Å². The molecule has 0 aliphatic heterocycles. The average Bonchev–Trinajstić information content (AvgIpc) is 2.81. The van der Waals surface area contributed by atoms with Gasteiger partial charge in [-0.1, -0.05) is 24.3 Å². The zero-order valence-electron chi connectivity index (χ0n) is 17.7. The summed E-state index contributed by atoms with van der Waals surface area (Å²) in [6, 6.07) is 13.6. The number of ether oxygens (including phenoxy) is 2. The van der Waals surface area contributed by atoms with Gasteiger partial charge in [0.05, 0.1) is 25.6 Å². The normalized spacial score (nSPS) is 10.2. The molecule has 0 aliphatic carbocycles. The number of hydrogen-bond acceptors (Lipinski definition) is 5. The van der Waals surface area contributed by atoms with Crippen LogP contribution < -0.4 is 20.1 Å². The number of benzene rings is 3. The molecule has 0 spiro atoms. The number of phenolic OH excluding ortho intramolecular Hbond substituents is 1. The van der Waals surface area contributed by atoms with Gasteiger partial charge in [0.15, 0.2) is 11.5 Å². The van der Waals surface area contributed by atoms with E-state index in [1.807, 2.05) is 0 Å². The van der Waals surface area contributed by atoms with Crippen LogP contribution in [-0.2, 0) is 9.59 Å². The van der Waals surface area contributed by atoms with Crippen molar-refractivity contribution < 1.29 is 33.0 Å². The minimum atomic E-state index is -0.944. The third-order valence-electron chi connectivity index (χ3n) is 4.55. The van der Waals surface area contributed by atoms with Crippen LogP contribution in [-0.4, -0.2) is 31.1 Å². The van der Waals surface area contributed by atoms with Crippen LogP contribution in [0, 0.1) is 11.6 Å². The molecular weight excluding hydrogens is 434 g/mol. The highest BCUT2D eigenvalue weighted by Crippen LogP contribution is 2.37. The lowest BCUT2D eigenvalue weighted by molar-refractivity contribution is -0.118. The summed E-state index contributed by atoms with van der Waals surface area (Å²) in [5.41, 5.74) is -0.499. The van der Waals surface area contributed by atoms with Crippen molar-refractivity contribution >= 4 is 29.3 Å². The first-order chi connectivity index (χ1) is 15.8. The summed E-state index contributed by atoms with van der Waals surface area (Å²) >= 11 is 0. The van der Waals surface area contributed by atoms with Crippen LogP contribution >= 0.6 is 0 Å². The third kappa shape index (κ3) is 5.45. The summed E-state index contributed by atoms with van der Waals surface area (Å²) < 4.78 is 38.3. The van der Waals surface area contributed by atoms with Crippen molar-refractivity contribution in [3.8, 4) is 17.2 Å². The number of nitrogens with one attached hydrogen (secondary N) is 2. The molecular formula is C24H20F2N2O5. The zero-order chi connectivity index (χ0) is 24.0. The zero-order valence-corrected chi connectivity index (χ0v) is 17.7. The largest absolute Gasteiger partial charge is 0.502 e. The number of rotatable bonds is 7. The van der Waals surface area contributed by atoms with Gasteiger partial charge in [0.2, 0.25) is 5.75 Å². The van der Waals surface area contributed by atoms with Crippen LogP contribution in [0.5, 0.6) is 17.2 Å². The molecule has 0 unspecified atom stereocenters. The fourth-order valence-electron chi connectivity index (χ4n) is 2.90. The predicted molar refractivity (Wildman–Crippen MR) is 119 cm³/mol. The molecule has 3 aromatic carbocycles. The number of anilines is 2. The van der Waals surface area contributed by atoms with Gasteiger partial charge in [0, 0.05) is 0 Å². The van der Waals surface area contributed by atoms with Gasteiger partial charge < -0.3 is 25.2 Å². The summed E-state index contributed by atoms with van der Waals surface area (Å²) in [7, 11) is 2.64. The third-order valence-corrected chi connectivity index (χ3v) is 4.55. The van der Waals surface area contributed by atoms with E-state index in [9.17, 15) is 23.5 Å². The SMILES string of the molecule is COc1cc(C=C(C(=O)Nc2ccccc2F)C(=O)Nc2ccccc2F)cc(OC)c1O. The van der Waals surface area contributed by atoms with Gasteiger partial charge in [-0.3, -0.25) is 9.59 Å². The van der Waals surface area contributed by atoms with E-state index < -0.39 is 29.0 Å². The van der Waals surface area contributed by atoms with E-state index in [1.165, 1.54) is 68.8 Å². The topological polar surface area (TPSA) is 96.9 Å². The van der Waals surface area contributed by atoms with Gasteiger partial charge in [0.25, 0.3) is 11.8 Å². The number of methoxy groups -OCH3 is 2. The Balaban J connectivity index is 2.04. The quantitative estimate of drug-likeness (QED) is 0.280. The van der Waals surface area contributed by atoms with Gasteiger partial charge in [-0.15, -0.1) is 0 Å². The standard InChI is InChI=1S/C24H20F2N2O5/c1-32-20-12-14(13-21(33-2)22(20)29)11-15(23(30)27-18-9-5-3-7-16(18)25)24(31)28-19-10-6-4-8-17(19)26/h3-13,29H,1-2H3,(H,27,30)(H,28,31). The molecule has 0 atom stereocenters. The maximum atomic E-state index is 14.0. The molecule has 3 rings (SSSR count). The number of hydrogen-bond donors (Lipinski definition) is 3. The highest BCUT2D eigenvalue weighted by Gasteiger charge is 2.22. The van der Waals surface area contributed by atoms with E-state index in [0.717, 1.165) is 12.1 Å². The molecule has 0 bridgehead atoms. The Morgan fingerprint density at radius 3 is 1.64 bits per heavy atom. The Morgan fingerprint density at radius 2 is 1.24 bits per heavy atom. The van der Waals surface area contributed by atoms with Gasteiger partial charge in [-0.05, 0) is 48.0 Å². The first-order valence-electron chi connectivity index (χ1n) is 9.62. The van der Waals surface area contributed by atoms with Crippen molar-refractivity contribution in [3.05, 3.63) is 83.4 Å². The van der Waals surface area contributed by atoms with E-state index >= 15 is 0 Å². The van der Waals surface area contributed by atoms with Crippen LogP contribution in [0.2, 0.25) is 0 Å². The number of halogens is 2. The molecule has 170 valence electrons. The van der Waals surface area contributed by atoms with Crippen LogP contribution in [0.4, 0.5) is 20.2 Å². The van der Waals surface area contributed by atoms with Crippen molar-refractivity contribution in [3.63, 3.8) is 0 Å². The van der Waals surface area contributed by atoms with E-state index in [1.54, 1.807) is 0 Å². The molecule has 0 fully saturated rings. The van der Waals surface area contributed by atoms with E-state index in [0.29, 0.717) is 0 Å². The smallest absolute Gasteiger partial charge is 0.261 e. The first kappa shape index (κ1) is 23.3. The second kappa shape index (κ2) is 10.3. The number of aromatic hydroxyl groups is 1. The average molecular weight is 454 g/mol. The number of para-hydroxylation sites is 2. The summed E-state index contributed by atoms with van der Waals surface area (Å²) in [5.74, 6) is -3.50. The van der Waals surface area contributed by atoms with Gasteiger partial charge in [0.1, 0.15) is 17.2 Å². The Kier molecular flexibility index (Phi) is 7.24. The fourth-order valence-corrected chi connectivity index (χ4v) is 2.90. The summed E-state index contributed by atoms with van der Waals surface area (Å²) in [5, 5.41) is 14.8.